The van der Waals surface area contributed by atoms with Crippen LogP contribution in [0, 0.1) is 5.82 Å². The van der Waals surface area contributed by atoms with Gasteiger partial charge in [0.05, 0.1) is 11.3 Å². The van der Waals surface area contributed by atoms with Gasteiger partial charge >= 0.3 is 0 Å². The van der Waals surface area contributed by atoms with E-state index in [0.29, 0.717) is 22.5 Å². The van der Waals surface area contributed by atoms with Gasteiger partial charge in [-0.1, -0.05) is 42.5 Å². The lowest BCUT2D eigenvalue weighted by atomic mass is 10.0. The number of benzene rings is 4. The van der Waals surface area contributed by atoms with E-state index in [9.17, 15) is 23.6 Å². The second kappa shape index (κ2) is 12.1. The van der Waals surface area contributed by atoms with Gasteiger partial charge in [-0.15, -0.1) is 0 Å². The van der Waals surface area contributed by atoms with Gasteiger partial charge in [-0.2, -0.15) is 0 Å². The van der Waals surface area contributed by atoms with Crippen molar-refractivity contribution in [1.29, 1.82) is 0 Å². The summed E-state index contributed by atoms with van der Waals surface area (Å²) in [6.45, 7) is -0.555. The van der Waals surface area contributed by atoms with Crippen LogP contribution < -0.4 is 15.1 Å². The van der Waals surface area contributed by atoms with Crippen molar-refractivity contribution in [2.24, 2.45) is 0 Å². The summed E-state index contributed by atoms with van der Waals surface area (Å²) in [5.41, 5.74) is 3.89. The molecule has 2 heterocycles. The molecule has 0 unspecified atom stereocenters. The fourth-order valence-corrected chi connectivity index (χ4v) is 5.57. The molecule has 6 rings (SSSR count). The van der Waals surface area contributed by atoms with Crippen LogP contribution in [-0.2, 0) is 20.9 Å². The van der Waals surface area contributed by atoms with Gasteiger partial charge in [0.2, 0.25) is 5.91 Å². The molecule has 4 aromatic carbocycles. The lowest BCUT2D eigenvalue weighted by Crippen LogP contribution is -2.46. The summed E-state index contributed by atoms with van der Waals surface area (Å²) in [4.78, 5) is 62.0. The third kappa shape index (κ3) is 5.77. The first-order chi connectivity index (χ1) is 21.7. The van der Waals surface area contributed by atoms with E-state index in [1.165, 1.54) is 17.0 Å². The largest absolute Gasteiger partial charge is 0.378 e. The molecule has 1 atom stereocenters. The molecule has 45 heavy (non-hydrogen) atoms. The Hall–Kier alpha value is -5.77. The fraction of sp³-hybridized carbons (Fsp3) is 0.143. The Morgan fingerprint density at radius 2 is 1.58 bits per heavy atom. The van der Waals surface area contributed by atoms with Gasteiger partial charge in [-0.05, 0) is 60.2 Å². The van der Waals surface area contributed by atoms with Gasteiger partial charge in [-0.3, -0.25) is 24.1 Å². The molecule has 5 aromatic rings. The van der Waals surface area contributed by atoms with E-state index in [1.807, 2.05) is 55.4 Å². The molecular formula is C35H30FN5O4. The van der Waals surface area contributed by atoms with Crippen molar-refractivity contribution >= 4 is 51.5 Å². The third-order valence-electron chi connectivity index (χ3n) is 7.89. The number of hydrogen-bond donors (Lipinski definition) is 2. The standard InChI is InChI=1S/C35H30FN5O4/c1-39(2)25-17-15-24(16-18-25)38-34(44)32(28-19-37-29-9-5-3-7-26(28)29)41(20-22-11-13-23(36)14-12-22)31(42)21-40-30-10-6-4-8-27(30)33(43)35(40)45/h3-19,32,37H,20-21H2,1-2H3,(H,38,44)/t32-/m0/s1. The average Bonchev–Trinajstić information content (AvgIpc) is 3.57. The Labute approximate surface area is 258 Å². The summed E-state index contributed by atoms with van der Waals surface area (Å²) in [5, 5.41) is 3.69. The Balaban J connectivity index is 1.42. The Bertz CT molecular complexity index is 1920. The number of Topliss-reactive ketones (excluding diaryl/α,β-unsaturated/α-hetero) is 1. The predicted molar refractivity (Wildman–Crippen MR) is 171 cm³/mol. The highest BCUT2D eigenvalue weighted by Crippen LogP contribution is 2.33. The van der Waals surface area contributed by atoms with Crippen LogP contribution in [-0.4, -0.2) is 54.0 Å². The number of aromatic amines is 1. The van der Waals surface area contributed by atoms with Crippen molar-refractivity contribution in [3.8, 4) is 0 Å². The molecule has 0 radical (unpaired) electrons. The number of ketones is 1. The molecule has 9 nitrogen and oxygen atoms in total. The van der Waals surface area contributed by atoms with Crippen LogP contribution in [0.5, 0.6) is 0 Å². The van der Waals surface area contributed by atoms with E-state index in [-0.39, 0.29) is 12.1 Å². The van der Waals surface area contributed by atoms with Gasteiger partial charge in [0.15, 0.2) is 0 Å². The molecular weight excluding hydrogens is 573 g/mol. The number of rotatable bonds is 9. The minimum absolute atomic E-state index is 0.0755. The van der Waals surface area contributed by atoms with E-state index in [1.54, 1.807) is 54.7 Å². The van der Waals surface area contributed by atoms with Crippen LogP contribution in [0.3, 0.4) is 0 Å². The van der Waals surface area contributed by atoms with Crippen molar-refractivity contribution in [2.75, 3.05) is 35.8 Å². The minimum Gasteiger partial charge on any atom is -0.378 e. The van der Waals surface area contributed by atoms with Crippen LogP contribution in [0.15, 0.2) is 103 Å². The molecule has 0 spiro atoms. The van der Waals surface area contributed by atoms with E-state index >= 15 is 0 Å². The zero-order valence-corrected chi connectivity index (χ0v) is 24.7. The first kappa shape index (κ1) is 29.3. The summed E-state index contributed by atoms with van der Waals surface area (Å²) < 4.78 is 13.9. The number of anilines is 3. The maximum atomic E-state index is 14.3. The highest BCUT2D eigenvalue weighted by atomic mass is 19.1. The highest BCUT2D eigenvalue weighted by Gasteiger charge is 2.40. The van der Waals surface area contributed by atoms with Gasteiger partial charge in [-0.25, -0.2) is 4.39 Å². The van der Waals surface area contributed by atoms with E-state index in [4.69, 9.17) is 0 Å². The zero-order chi connectivity index (χ0) is 31.7. The molecule has 1 aliphatic heterocycles. The van der Waals surface area contributed by atoms with Crippen LogP contribution in [0.25, 0.3) is 10.9 Å². The number of H-pyrrole nitrogens is 1. The molecule has 0 fully saturated rings. The summed E-state index contributed by atoms with van der Waals surface area (Å²) in [7, 11) is 3.83. The summed E-state index contributed by atoms with van der Waals surface area (Å²) in [6, 6.07) is 25.7. The van der Waals surface area contributed by atoms with Gasteiger partial charge in [0, 0.05) is 54.7 Å². The second-order valence-electron chi connectivity index (χ2n) is 11.0. The quantitative estimate of drug-likeness (QED) is 0.222. The lowest BCUT2D eigenvalue weighted by Gasteiger charge is -2.32. The molecule has 3 amide bonds. The summed E-state index contributed by atoms with van der Waals surface area (Å²) in [5.74, 6) is -3.03. The molecule has 1 aromatic heterocycles. The normalized spacial score (nSPS) is 13.1. The molecule has 0 bridgehead atoms. The number of nitrogens with zero attached hydrogens (tertiary/aromatic N) is 3. The first-order valence-electron chi connectivity index (χ1n) is 14.3. The van der Waals surface area contributed by atoms with Crippen LogP contribution >= 0.6 is 0 Å². The number of amides is 3. The Morgan fingerprint density at radius 1 is 0.889 bits per heavy atom. The molecule has 10 heteroatoms. The van der Waals surface area contributed by atoms with Gasteiger partial charge in [0.25, 0.3) is 17.6 Å². The van der Waals surface area contributed by atoms with E-state index < -0.39 is 41.9 Å². The molecule has 0 saturated carbocycles. The van der Waals surface area contributed by atoms with Crippen LogP contribution in [0.1, 0.15) is 27.5 Å². The predicted octanol–water partition coefficient (Wildman–Crippen LogP) is 5.31. The third-order valence-corrected chi connectivity index (χ3v) is 7.89. The lowest BCUT2D eigenvalue weighted by molar-refractivity contribution is -0.139. The number of aromatic nitrogens is 1. The molecule has 2 N–H and O–H groups in total. The van der Waals surface area contributed by atoms with Crippen molar-refractivity contribution in [1.82, 2.24) is 9.88 Å². The van der Waals surface area contributed by atoms with Crippen LogP contribution in [0.4, 0.5) is 21.5 Å². The fourth-order valence-electron chi connectivity index (χ4n) is 5.57. The SMILES string of the molecule is CN(C)c1ccc(NC(=O)[C@H](c2c[nH]c3ccccc23)N(Cc2ccc(F)cc2)C(=O)CN2C(=O)C(=O)c3ccccc32)cc1. The number of para-hydroxylation sites is 2. The van der Waals surface area contributed by atoms with Crippen molar-refractivity contribution in [3.63, 3.8) is 0 Å². The van der Waals surface area contributed by atoms with E-state index in [0.717, 1.165) is 21.5 Å². The molecule has 0 aliphatic carbocycles. The maximum Gasteiger partial charge on any atom is 0.299 e. The maximum absolute atomic E-state index is 14.3. The highest BCUT2D eigenvalue weighted by molar-refractivity contribution is 6.52. The van der Waals surface area contributed by atoms with Crippen molar-refractivity contribution in [3.05, 3.63) is 126 Å². The number of nitrogens with one attached hydrogen (secondary N) is 2. The van der Waals surface area contributed by atoms with Crippen molar-refractivity contribution < 1.29 is 23.6 Å². The topological polar surface area (TPSA) is 106 Å². The Kier molecular flexibility index (Phi) is 7.87. The summed E-state index contributed by atoms with van der Waals surface area (Å²) >= 11 is 0. The van der Waals surface area contributed by atoms with Crippen LogP contribution in [0.2, 0.25) is 0 Å². The van der Waals surface area contributed by atoms with Gasteiger partial charge < -0.3 is 20.1 Å². The number of fused-ring (bicyclic) bond motifs is 2. The number of hydrogen-bond acceptors (Lipinski definition) is 5. The smallest absolute Gasteiger partial charge is 0.299 e. The van der Waals surface area contributed by atoms with Crippen molar-refractivity contribution in [2.45, 2.75) is 12.6 Å². The minimum atomic E-state index is -1.17. The molecule has 1 aliphatic rings. The molecule has 226 valence electrons. The molecule has 0 saturated heterocycles. The van der Waals surface area contributed by atoms with E-state index in [2.05, 4.69) is 10.3 Å². The average molecular weight is 604 g/mol. The Morgan fingerprint density at radius 3 is 2.31 bits per heavy atom. The summed E-state index contributed by atoms with van der Waals surface area (Å²) in [6.07, 6.45) is 1.69. The second-order valence-corrected chi connectivity index (χ2v) is 11.0. The number of carbonyl (C=O) groups excluding carboxylic acids is 4. The number of carbonyl (C=O) groups is 4. The monoisotopic (exact) mass is 603 g/mol. The zero-order valence-electron chi connectivity index (χ0n) is 24.7. The number of halogens is 1. The van der Waals surface area contributed by atoms with Gasteiger partial charge in [0.1, 0.15) is 18.4 Å². The first-order valence-corrected chi connectivity index (χ1v) is 14.3.